The Kier molecular flexibility index (Phi) is 4.79. The minimum Gasteiger partial charge on any atom is -0.361 e. The van der Waals surface area contributed by atoms with Gasteiger partial charge in [0.1, 0.15) is 11.5 Å². The first-order valence-electron chi connectivity index (χ1n) is 9.49. The fraction of sp³-hybridized carbons (Fsp3) is 0.474. The zero-order valence-electron chi connectivity index (χ0n) is 16.0. The van der Waals surface area contributed by atoms with E-state index < -0.39 is 17.9 Å². The molecule has 10 heteroatoms. The molecular weight excluding hydrogens is 387 g/mol. The average Bonchev–Trinajstić information content (AvgIpc) is 3.32. The highest BCUT2D eigenvalue weighted by Gasteiger charge is 2.37. The van der Waals surface area contributed by atoms with Gasteiger partial charge in [0, 0.05) is 30.8 Å². The first-order valence-corrected chi connectivity index (χ1v) is 9.49. The maximum absolute atomic E-state index is 13.4. The molecule has 1 aliphatic heterocycles. The molecule has 1 saturated heterocycles. The predicted octanol–water partition coefficient (Wildman–Crippen LogP) is 3.97. The van der Waals surface area contributed by atoms with Gasteiger partial charge >= 0.3 is 6.18 Å². The molecule has 154 valence electrons. The van der Waals surface area contributed by atoms with Crippen molar-refractivity contribution < 1.29 is 22.5 Å². The quantitative estimate of drug-likeness (QED) is 0.657. The zero-order chi connectivity index (χ0) is 20.8. The lowest BCUT2D eigenvalue weighted by Gasteiger charge is -2.34. The van der Waals surface area contributed by atoms with E-state index in [1.807, 2.05) is 6.92 Å². The van der Waals surface area contributed by atoms with Crippen LogP contribution >= 0.6 is 0 Å². The van der Waals surface area contributed by atoms with Crippen LogP contribution < -0.4 is 0 Å². The van der Waals surface area contributed by atoms with Crippen LogP contribution in [-0.2, 0) is 12.6 Å². The monoisotopic (exact) mass is 407 g/mol. The van der Waals surface area contributed by atoms with Gasteiger partial charge in [0.05, 0.1) is 11.7 Å². The summed E-state index contributed by atoms with van der Waals surface area (Å²) in [5.74, 6) is 0.291. The van der Waals surface area contributed by atoms with Gasteiger partial charge in [0.25, 0.3) is 5.91 Å². The Morgan fingerprint density at radius 3 is 2.76 bits per heavy atom. The van der Waals surface area contributed by atoms with Gasteiger partial charge in [0.2, 0.25) is 0 Å². The summed E-state index contributed by atoms with van der Waals surface area (Å²) >= 11 is 0. The van der Waals surface area contributed by atoms with E-state index in [1.54, 1.807) is 11.0 Å². The van der Waals surface area contributed by atoms with Crippen molar-refractivity contribution in [3.63, 3.8) is 0 Å². The zero-order valence-corrected chi connectivity index (χ0v) is 16.0. The van der Waals surface area contributed by atoms with E-state index in [4.69, 9.17) is 4.52 Å². The van der Waals surface area contributed by atoms with Crippen LogP contribution in [0.5, 0.6) is 0 Å². The van der Waals surface area contributed by atoms with E-state index in [1.165, 1.54) is 13.0 Å². The van der Waals surface area contributed by atoms with Crippen molar-refractivity contribution in [3.8, 4) is 0 Å². The average molecular weight is 407 g/mol. The second-order valence-electron chi connectivity index (χ2n) is 7.16. The van der Waals surface area contributed by atoms with Crippen LogP contribution in [0.15, 0.2) is 22.7 Å². The fourth-order valence-corrected chi connectivity index (χ4v) is 3.69. The lowest BCUT2D eigenvalue weighted by molar-refractivity contribution is -0.142. The summed E-state index contributed by atoms with van der Waals surface area (Å²) < 4.78 is 46.3. The molecule has 0 aromatic carbocycles. The number of aromatic nitrogens is 4. The topological polar surface area (TPSA) is 76.5 Å². The molecule has 0 bridgehead atoms. The summed E-state index contributed by atoms with van der Waals surface area (Å²) in [4.78, 5) is 18.8. The number of carbonyl (C=O) groups is 1. The van der Waals surface area contributed by atoms with E-state index in [9.17, 15) is 18.0 Å². The van der Waals surface area contributed by atoms with Gasteiger partial charge in [-0.25, -0.2) is 9.50 Å². The van der Waals surface area contributed by atoms with E-state index in [2.05, 4.69) is 15.2 Å². The molecule has 0 aliphatic carbocycles. The van der Waals surface area contributed by atoms with Gasteiger partial charge in [-0.1, -0.05) is 12.1 Å². The normalized spacial score (nSPS) is 17.8. The number of carbonyl (C=O) groups excluding carboxylic acids is 1. The highest BCUT2D eigenvalue weighted by atomic mass is 19.4. The van der Waals surface area contributed by atoms with Crippen molar-refractivity contribution in [2.45, 2.75) is 51.7 Å². The van der Waals surface area contributed by atoms with E-state index in [0.29, 0.717) is 30.8 Å². The number of hydrogen-bond acceptors (Lipinski definition) is 5. The van der Waals surface area contributed by atoms with Crippen LogP contribution in [0.1, 0.15) is 65.6 Å². The summed E-state index contributed by atoms with van der Waals surface area (Å²) in [5.41, 5.74) is 0.0647. The van der Waals surface area contributed by atoms with Gasteiger partial charge in [-0.15, -0.1) is 0 Å². The molecule has 29 heavy (non-hydrogen) atoms. The summed E-state index contributed by atoms with van der Waals surface area (Å²) in [6.45, 7) is 3.88. The third-order valence-electron chi connectivity index (χ3n) is 5.10. The Morgan fingerprint density at radius 2 is 2.07 bits per heavy atom. The van der Waals surface area contributed by atoms with Crippen LogP contribution in [0.3, 0.4) is 0 Å². The number of halogens is 3. The maximum atomic E-state index is 13.4. The highest BCUT2D eigenvalue weighted by Crippen LogP contribution is 2.34. The smallest absolute Gasteiger partial charge is 0.361 e. The van der Waals surface area contributed by atoms with E-state index >= 15 is 0 Å². The Balaban J connectivity index is 1.73. The molecule has 1 fully saturated rings. The van der Waals surface area contributed by atoms with Gasteiger partial charge in [-0.3, -0.25) is 4.79 Å². The molecule has 0 N–H and O–H groups in total. The van der Waals surface area contributed by atoms with Crippen LogP contribution in [0.4, 0.5) is 13.2 Å². The molecule has 1 aliphatic rings. The van der Waals surface area contributed by atoms with Crippen LogP contribution in [0.2, 0.25) is 0 Å². The Labute approximate surface area is 164 Å². The molecule has 1 atom stereocenters. The predicted molar refractivity (Wildman–Crippen MR) is 96.2 cm³/mol. The molecule has 3 aromatic rings. The molecule has 7 nitrogen and oxygen atoms in total. The Bertz CT molecular complexity index is 1060. The van der Waals surface area contributed by atoms with E-state index in [-0.39, 0.29) is 22.9 Å². The molecule has 0 radical (unpaired) electrons. The third kappa shape index (κ3) is 3.58. The first kappa shape index (κ1) is 19.4. The molecule has 4 rings (SSSR count). The number of aryl methyl sites for hydroxylation is 2. The molecule has 1 amide bonds. The number of fused-ring (bicyclic) bond motifs is 1. The molecule has 0 spiro atoms. The first-order chi connectivity index (χ1) is 13.8. The summed E-state index contributed by atoms with van der Waals surface area (Å²) in [5, 5.41) is 8.03. The van der Waals surface area contributed by atoms with Crippen molar-refractivity contribution >= 4 is 11.6 Å². The molecular formula is C19H20F3N5O2. The second kappa shape index (κ2) is 7.16. The van der Waals surface area contributed by atoms with Crippen LogP contribution in [0, 0.1) is 6.92 Å². The maximum Gasteiger partial charge on any atom is 0.433 e. The second-order valence-corrected chi connectivity index (χ2v) is 7.16. The van der Waals surface area contributed by atoms with Gasteiger partial charge in [-0.05, 0) is 32.3 Å². The Morgan fingerprint density at radius 1 is 1.28 bits per heavy atom. The number of alkyl halides is 3. The number of likely N-dealkylation sites (tertiary alicyclic amines) is 1. The van der Waals surface area contributed by atoms with Crippen molar-refractivity contribution in [2.24, 2.45) is 0 Å². The minimum absolute atomic E-state index is 0.111. The minimum atomic E-state index is -4.56. The highest BCUT2D eigenvalue weighted by molar-refractivity contribution is 5.92. The third-order valence-corrected chi connectivity index (χ3v) is 5.10. The van der Waals surface area contributed by atoms with Crippen molar-refractivity contribution in [2.75, 3.05) is 6.54 Å². The van der Waals surface area contributed by atoms with Crippen LogP contribution in [0.25, 0.3) is 5.65 Å². The number of nitrogens with zero attached hydrogens (tertiary/aromatic N) is 5. The molecule has 3 aromatic heterocycles. The van der Waals surface area contributed by atoms with Crippen LogP contribution in [-0.4, -0.2) is 37.1 Å². The van der Waals surface area contributed by atoms with E-state index in [0.717, 1.165) is 23.4 Å². The van der Waals surface area contributed by atoms with Crippen molar-refractivity contribution in [3.05, 3.63) is 46.7 Å². The lowest BCUT2D eigenvalue weighted by atomic mass is 9.99. The number of amides is 1. The molecule has 4 heterocycles. The van der Waals surface area contributed by atoms with Gasteiger partial charge in [0.15, 0.2) is 11.3 Å². The Hall–Kier alpha value is -2.91. The number of rotatable bonds is 3. The number of piperidine rings is 1. The molecule has 0 unspecified atom stereocenters. The SMILES string of the molecule is CCc1cc(C(=O)N2CCCC[C@@H]2c2cc3nc(C)cc(C(F)(F)F)n3n2)no1. The lowest BCUT2D eigenvalue weighted by Crippen LogP contribution is -2.38. The summed E-state index contributed by atoms with van der Waals surface area (Å²) in [6.07, 6.45) is -1.69. The molecule has 0 saturated carbocycles. The largest absolute Gasteiger partial charge is 0.433 e. The summed E-state index contributed by atoms with van der Waals surface area (Å²) in [6, 6.07) is 3.65. The van der Waals surface area contributed by atoms with Gasteiger partial charge in [-0.2, -0.15) is 18.3 Å². The van der Waals surface area contributed by atoms with Crippen molar-refractivity contribution in [1.82, 2.24) is 24.7 Å². The summed E-state index contributed by atoms with van der Waals surface area (Å²) in [7, 11) is 0. The van der Waals surface area contributed by atoms with Crippen molar-refractivity contribution in [1.29, 1.82) is 0 Å². The standard InChI is InChI=1S/C19H20F3N5O2/c1-3-12-9-14(25-29-12)18(28)26-7-5-4-6-15(26)13-10-17-23-11(2)8-16(19(20,21)22)27(17)24-13/h8-10,15H,3-7H2,1-2H3/t15-/m1/s1. The number of hydrogen-bond donors (Lipinski definition) is 0. The van der Waals surface area contributed by atoms with Gasteiger partial charge < -0.3 is 9.42 Å². The fourth-order valence-electron chi connectivity index (χ4n) is 3.69.